The number of imide groups is 1. The third-order valence-corrected chi connectivity index (χ3v) is 8.07. The van der Waals surface area contributed by atoms with Gasteiger partial charge in [0, 0.05) is 43.7 Å². The molecule has 2 bridgehead atoms. The number of amides is 4. The first-order valence-corrected chi connectivity index (χ1v) is 12.1. The van der Waals surface area contributed by atoms with Crippen molar-refractivity contribution < 1.29 is 14.4 Å². The molecule has 2 aromatic carbocycles. The Morgan fingerprint density at radius 1 is 1.00 bits per heavy atom. The highest BCUT2D eigenvalue weighted by Crippen LogP contribution is 2.40. The highest BCUT2D eigenvalue weighted by Gasteiger charge is 2.44. The third kappa shape index (κ3) is 3.52. The van der Waals surface area contributed by atoms with E-state index in [1.54, 1.807) is 0 Å². The summed E-state index contributed by atoms with van der Waals surface area (Å²) in [4.78, 5) is 41.4. The van der Waals surface area contributed by atoms with Crippen LogP contribution in [0.4, 0.5) is 10.5 Å². The summed E-state index contributed by atoms with van der Waals surface area (Å²) in [5.74, 6) is -0.524. The maximum Gasteiger partial charge on any atom is 0.342 e. The topological polar surface area (TPSA) is 76.2 Å². The van der Waals surface area contributed by atoms with Crippen LogP contribution in [0.15, 0.2) is 36.4 Å². The van der Waals surface area contributed by atoms with E-state index in [9.17, 15) is 14.4 Å². The molecule has 2 atom stereocenters. The number of piperazine rings is 1. The number of anilines is 1. The van der Waals surface area contributed by atoms with Gasteiger partial charge < -0.3 is 4.90 Å². The molecule has 1 N–H and O–H groups in total. The zero-order valence-electron chi connectivity index (χ0n) is 18.3. The highest BCUT2D eigenvalue weighted by molar-refractivity contribution is 6.43. The Kier molecular flexibility index (Phi) is 5.20. The minimum absolute atomic E-state index is 0.187. The zero-order valence-corrected chi connectivity index (χ0v) is 19.8. The molecular weight excluding hydrogens is 477 g/mol. The lowest BCUT2D eigenvalue weighted by molar-refractivity contribution is -0.123. The number of urea groups is 1. The average molecular weight is 500 g/mol. The standard InChI is InChI=1S/C24H23Cl2N5O3/c25-19-2-1-3-20(22(19)26)29-13-16-9-17(29)12-28(16)10-14-4-5-18-15(8-14)11-31(23(18)33)30-7-6-21(32)27-24(30)34/h1-5,8,16-17H,6-7,9-13H2,(H,27,32,34)/t16-,17-/m1/s1. The highest BCUT2D eigenvalue weighted by atomic mass is 35.5. The minimum Gasteiger partial charge on any atom is -0.364 e. The number of fused-ring (bicyclic) bond motifs is 3. The van der Waals surface area contributed by atoms with Crippen LogP contribution in [0.5, 0.6) is 0 Å². The third-order valence-electron chi connectivity index (χ3n) is 7.26. The molecule has 0 radical (unpaired) electrons. The fraction of sp³-hybridized carbons (Fsp3) is 0.375. The van der Waals surface area contributed by atoms with Gasteiger partial charge in [0.25, 0.3) is 5.91 Å². The number of nitrogens with zero attached hydrogens (tertiary/aromatic N) is 4. The Bertz CT molecular complexity index is 1220. The lowest BCUT2D eigenvalue weighted by atomic mass is 10.1. The first-order chi connectivity index (χ1) is 16.4. The Balaban J connectivity index is 1.13. The van der Waals surface area contributed by atoms with Gasteiger partial charge in [-0.05, 0) is 35.7 Å². The molecule has 0 unspecified atom stereocenters. The van der Waals surface area contributed by atoms with Gasteiger partial charge in [-0.1, -0.05) is 41.4 Å². The summed E-state index contributed by atoms with van der Waals surface area (Å²) in [6, 6.07) is 12.0. The van der Waals surface area contributed by atoms with Crippen molar-refractivity contribution in [3.05, 3.63) is 63.1 Å². The lowest BCUT2D eigenvalue weighted by Crippen LogP contribution is -2.56. The molecule has 4 heterocycles. The van der Waals surface area contributed by atoms with Crippen molar-refractivity contribution in [1.29, 1.82) is 0 Å². The largest absolute Gasteiger partial charge is 0.364 e. The van der Waals surface area contributed by atoms with E-state index in [0.29, 0.717) is 34.2 Å². The number of carbonyl (C=O) groups is 3. The molecule has 176 valence electrons. The Labute approximate surface area is 206 Å². The molecule has 0 aromatic heterocycles. The molecule has 10 heteroatoms. The van der Waals surface area contributed by atoms with Crippen molar-refractivity contribution in [3.63, 3.8) is 0 Å². The van der Waals surface area contributed by atoms with Crippen LogP contribution in [-0.4, -0.2) is 64.5 Å². The van der Waals surface area contributed by atoms with Crippen LogP contribution in [0.3, 0.4) is 0 Å². The zero-order chi connectivity index (χ0) is 23.6. The smallest absolute Gasteiger partial charge is 0.342 e. The van der Waals surface area contributed by atoms with Crippen molar-refractivity contribution >= 4 is 46.7 Å². The minimum atomic E-state index is -0.546. The summed E-state index contributed by atoms with van der Waals surface area (Å²) in [6.45, 7) is 3.19. The number of hydrogen-bond acceptors (Lipinski definition) is 5. The molecule has 3 fully saturated rings. The Hall–Kier alpha value is -2.81. The van der Waals surface area contributed by atoms with Crippen molar-refractivity contribution in [3.8, 4) is 0 Å². The number of likely N-dealkylation sites (tertiary alicyclic amines) is 1. The fourth-order valence-electron chi connectivity index (χ4n) is 5.62. The fourth-order valence-corrected chi connectivity index (χ4v) is 6.03. The molecule has 4 aliphatic heterocycles. The number of rotatable bonds is 4. The number of halogens is 2. The summed E-state index contributed by atoms with van der Waals surface area (Å²) in [5, 5.41) is 6.23. The SMILES string of the molecule is O=C1CCN(N2Cc3cc(CN4C[C@H]5C[C@@H]4CN5c4cccc(Cl)c4Cl)ccc3C2=O)C(=O)N1. The molecule has 4 amide bonds. The van der Waals surface area contributed by atoms with Crippen LogP contribution in [0.2, 0.25) is 10.0 Å². The summed E-state index contributed by atoms with van der Waals surface area (Å²) in [7, 11) is 0. The maximum atomic E-state index is 12.9. The van der Waals surface area contributed by atoms with Gasteiger partial charge in [-0.2, -0.15) is 0 Å². The van der Waals surface area contributed by atoms with Gasteiger partial charge in [0.2, 0.25) is 5.91 Å². The first kappa shape index (κ1) is 21.7. The predicted molar refractivity (Wildman–Crippen MR) is 128 cm³/mol. The molecule has 4 aliphatic rings. The van der Waals surface area contributed by atoms with E-state index in [4.69, 9.17) is 23.2 Å². The first-order valence-electron chi connectivity index (χ1n) is 11.4. The number of benzene rings is 2. The molecular formula is C24H23Cl2N5O3. The van der Waals surface area contributed by atoms with Gasteiger partial charge in [-0.3, -0.25) is 19.8 Å². The van der Waals surface area contributed by atoms with Gasteiger partial charge >= 0.3 is 6.03 Å². The van der Waals surface area contributed by atoms with Crippen molar-refractivity contribution in [2.75, 3.05) is 24.5 Å². The van der Waals surface area contributed by atoms with Gasteiger partial charge in [0.1, 0.15) is 0 Å². The second-order valence-electron chi connectivity index (χ2n) is 9.28. The molecule has 0 aliphatic carbocycles. The molecule has 8 nitrogen and oxygen atoms in total. The van der Waals surface area contributed by atoms with Crippen LogP contribution in [0, 0.1) is 0 Å². The van der Waals surface area contributed by atoms with Crippen LogP contribution in [0.1, 0.15) is 34.3 Å². The number of hydrazine groups is 1. The normalized spacial score (nSPS) is 24.3. The van der Waals surface area contributed by atoms with Crippen LogP contribution in [0.25, 0.3) is 0 Å². The van der Waals surface area contributed by atoms with Crippen LogP contribution >= 0.6 is 23.2 Å². The number of nitrogens with one attached hydrogen (secondary N) is 1. The molecule has 34 heavy (non-hydrogen) atoms. The van der Waals surface area contributed by atoms with Gasteiger partial charge in [0.15, 0.2) is 0 Å². The molecule has 0 spiro atoms. The summed E-state index contributed by atoms with van der Waals surface area (Å²) in [6.07, 6.45) is 1.27. The molecule has 6 rings (SSSR count). The molecule has 2 aromatic rings. The lowest BCUT2D eigenvalue weighted by Gasteiger charge is -2.36. The number of hydrogen-bond donors (Lipinski definition) is 1. The van der Waals surface area contributed by atoms with E-state index in [1.807, 2.05) is 30.3 Å². The van der Waals surface area contributed by atoms with Crippen LogP contribution < -0.4 is 10.2 Å². The average Bonchev–Trinajstić information content (AvgIpc) is 3.49. The monoisotopic (exact) mass is 499 g/mol. The van der Waals surface area contributed by atoms with Gasteiger partial charge in [0.05, 0.1) is 28.8 Å². The molecule has 0 saturated carbocycles. The number of carbonyl (C=O) groups excluding carboxylic acids is 3. The Morgan fingerprint density at radius 3 is 2.62 bits per heavy atom. The van der Waals surface area contributed by atoms with Crippen molar-refractivity contribution in [2.24, 2.45) is 0 Å². The van der Waals surface area contributed by atoms with Crippen LogP contribution in [-0.2, 0) is 17.9 Å². The van der Waals surface area contributed by atoms with E-state index in [0.717, 1.165) is 42.9 Å². The summed E-state index contributed by atoms with van der Waals surface area (Å²) >= 11 is 12.7. The second-order valence-corrected chi connectivity index (χ2v) is 10.1. The summed E-state index contributed by atoms with van der Waals surface area (Å²) in [5.41, 5.74) is 3.66. The van der Waals surface area contributed by atoms with E-state index in [-0.39, 0.29) is 24.8 Å². The summed E-state index contributed by atoms with van der Waals surface area (Å²) < 4.78 is 0. The quantitative estimate of drug-likeness (QED) is 0.698. The van der Waals surface area contributed by atoms with Gasteiger partial charge in [-0.25, -0.2) is 14.8 Å². The van der Waals surface area contributed by atoms with Crippen molar-refractivity contribution in [2.45, 2.75) is 38.0 Å². The van der Waals surface area contributed by atoms with E-state index >= 15 is 0 Å². The van der Waals surface area contributed by atoms with E-state index in [1.165, 1.54) is 10.0 Å². The predicted octanol–water partition coefficient (Wildman–Crippen LogP) is 3.27. The second kappa shape index (κ2) is 8.15. The van der Waals surface area contributed by atoms with Crippen molar-refractivity contribution in [1.82, 2.24) is 20.2 Å². The molecule has 3 saturated heterocycles. The van der Waals surface area contributed by atoms with E-state index < -0.39 is 6.03 Å². The van der Waals surface area contributed by atoms with E-state index in [2.05, 4.69) is 21.2 Å². The maximum absolute atomic E-state index is 12.9. The van der Waals surface area contributed by atoms with Gasteiger partial charge in [-0.15, -0.1) is 0 Å². The Morgan fingerprint density at radius 2 is 1.85 bits per heavy atom.